The topological polar surface area (TPSA) is 88.1 Å². The maximum Gasteiger partial charge on any atom is 0.362 e. The van der Waals surface area contributed by atoms with Gasteiger partial charge in [0, 0.05) is 0 Å². The van der Waals surface area contributed by atoms with Gasteiger partial charge in [0.1, 0.15) is 5.75 Å². The van der Waals surface area contributed by atoms with Gasteiger partial charge in [0.2, 0.25) is 5.69 Å². The molecule has 1 aliphatic carbocycles. The number of benzene rings is 1. The number of rotatable bonds is 4. The molecule has 1 aromatic heterocycles. The third-order valence-electron chi connectivity index (χ3n) is 3.87. The largest absolute Gasteiger partial charge is 0.476 e. The minimum Gasteiger partial charge on any atom is -0.476 e. The summed E-state index contributed by atoms with van der Waals surface area (Å²) in [6.45, 7) is 0. The number of nitrogens with zero attached hydrogens (tertiary/aromatic N) is 2. The number of aromatic amines is 1. The maximum absolute atomic E-state index is 11.0. The molecular weight excluding hydrogens is 270 g/mol. The molecule has 0 unspecified atom stereocenters. The Kier molecular flexibility index (Phi) is 3.85. The summed E-state index contributed by atoms with van der Waals surface area (Å²) in [5.41, 5.74) is 1.04. The highest BCUT2D eigenvalue weighted by atomic mass is 16.5. The first-order chi connectivity index (χ1) is 10.2. The number of carboxylic acids is 1. The van der Waals surface area contributed by atoms with E-state index in [0.717, 1.165) is 0 Å². The van der Waals surface area contributed by atoms with E-state index in [1.54, 1.807) is 6.07 Å². The average molecular weight is 287 g/mol. The van der Waals surface area contributed by atoms with Crippen molar-refractivity contribution < 1.29 is 14.6 Å². The summed E-state index contributed by atoms with van der Waals surface area (Å²) in [4.78, 5) is 11.0. The highest BCUT2D eigenvalue weighted by molar-refractivity contribution is 5.87. The van der Waals surface area contributed by atoms with Gasteiger partial charge in [-0.05, 0) is 36.5 Å². The van der Waals surface area contributed by atoms with Gasteiger partial charge in [0.15, 0.2) is 0 Å². The van der Waals surface area contributed by atoms with E-state index in [1.807, 2.05) is 12.1 Å². The lowest BCUT2D eigenvalue weighted by atomic mass is 9.84. The summed E-state index contributed by atoms with van der Waals surface area (Å²) in [5, 5.41) is 18.4. The Bertz CT molecular complexity index is 633. The van der Waals surface area contributed by atoms with Gasteiger partial charge in [-0.25, -0.2) is 9.89 Å². The van der Waals surface area contributed by atoms with Crippen LogP contribution in [0.3, 0.4) is 0 Å². The third-order valence-corrected chi connectivity index (χ3v) is 3.87. The fourth-order valence-corrected chi connectivity index (χ4v) is 2.82. The van der Waals surface area contributed by atoms with Crippen LogP contribution < -0.4 is 4.74 Å². The number of hydrogen-bond donors (Lipinski definition) is 2. The highest BCUT2D eigenvalue weighted by Crippen LogP contribution is 2.34. The van der Waals surface area contributed by atoms with Gasteiger partial charge in [-0.1, -0.05) is 36.6 Å². The second kappa shape index (κ2) is 5.95. The molecule has 1 aliphatic rings. The molecular formula is C15H17N3O3. The number of nitrogens with one attached hydrogen (secondary N) is 1. The zero-order valence-electron chi connectivity index (χ0n) is 11.6. The number of H-pyrrole nitrogens is 1. The van der Waals surface area contributed by atoms with Crippen LogP contribution in [0.15, 0.2) is 24.3 Å². The summed E-state index contributed by atoms with van der Waals surface area (Å²) < 4.78 is 5.58. The van der Waals surface area contributed by atoms with Crippen LogP contribution in [0.5, 0.6) is 11.6 Å². The predicted octanol–water partition coefficient (Wildman–Crippen LogP) is 3.34. The summed E-state index contributed by atoms with van der Waals surface area (Å²) in [6, 6.07) is 7.82. The van der Waals surface area contributed by atoms with E-state index in [0.29, 0.717) is 11.7 Å². The Balaban J connectivity index is 1.79. The van der Waals surface area contributed by atoms with Gasteiger partial charge in [0.25, 0.3) is 5.88 Å². The zero-order valence-corrected chi connectivity index (χ0v) is 11.6. The van der Waals surface area contributed by atoms with Gasteiger partial charge < -0.3 is 9.84 Å². The molecule has 110 valence electrons. The van der Waals surface area contributed by atoms with Crippen molar-refractivity contribution >= 4 is 5.97 Å². The van der Waals surface area contributed by atoms with Crippen molar-refractivity contribution in [1.82, 2.24) is 15.4 Å². The molecule has 0 bridgehead atoms. The molecule has 3 rings (SSSR count). The minimum atomic E-state index is -1.16. The summed E-state index contributed by atoms with van der Waals surface area (Å²) in [5.74, 6) is 0.0678. The average Bonchev–Trinajstić information content (AvgIpc) is 2.97. The van der Waals surface area contributed by atoms with Crippen LogP contribution in [0, 0.1) is 0 Å². The smallest absolute Gasteiger partial charge is 0.362 e. The molecule has 0 spiro atoms. The SMILES string of the molecule is O=C(O)c1nn[nH]c1Oc1cccc(C2CCCCC2)c1. The Morgan fingerprint density at radius 3 is 2.86 bits per heavy atom. The van der Waals surface area contributed by atoms with Gasteiger partial charge in [-0.2, -0.15) is 0 Å². The lowest BCUT2D eigenvalue weighted by Gasteiger charge is -2.22. The molecule has 1 heterocycles. The van der Waals surface area contributed by atoms with Crippen molar-refractivity contribution in [1.29, 1.82) is 0 Å². The van der Waals surface area contributed by atoms with Crippen molar-refractivity contribution in [2.75, 3.05) is 0 Å². The van der Waals surface area contributed by atoms with Crippen LogP contribution in [0.25, 0.3) is 0 Å². The lowest BCUT2D eigenvalue weighted by molar-refractivity contribution is 0.0687. The van der Waals surface area contributed by atoms with Gasteiger partial charge in [-0.15, -0.1) is 5.10 Å². The van der Waals surface area contributed by atoms with Crippen LogP contribution in [0.1, 0.15) is 54.1 Å². The van der Waals surface area contributed by atoms with Crippen LogP contribution in [-0.2, 0) is 0 Å². The number of hydrogen-bond acceptors (Lipinski definition) is 4. The van der Waals surface area contributed by atoms with E-state index in [2.05, 4.69) is 21.5 Å². The fourth-order valence-electron chi connectivity index (χ4n) is 2.82. The van der Waals surface area contributed by atoms with E-state index in [1.165, 1.54) is 37.7 Å². The van der Waals surface area contributed by atoms with Crippen molar-refractivity contribution in [2.24, 2.45) is 0 Å². The van der Waals surface area contributed by atoms with Crippen LogP contribution in [0.2, 0.25) is 0 Å². The standard InChI is InChI=1S/C15H17N3O3/c19-15(20)13-14(17-18-16-13)21-12-8-4-7-11(9-12)10-5-2-1-3-6-10/h4,7-10H,1-3,5-6H2,(H,19,20)(H,16,17,18). The molecule has 21 heavy (non-hydrogen) atoms. The molecule has 2 aromatic rings. The van der Waals surface area contributed by atoms with E-state index >= 15 is 0 Å². The molecule has 0 saturated heterocycles. The monoisotopic (exact) mass is 287 g/mol. The van der Waals surface area contributed by atoms with Gasteiger partial charge in [0.05, 0.1) is 0 Å². The Morgan fingerprint density at radius 2 is 2.10 bits per heavy atom. The fraction of sp³-hybridized carbons (Fsp3) is 0.400. The minimum absolute atomic E-state index is 0.0586. The normalized spacial score (nSPS) is 15.8. The molecule has 0 amide bonds. The molecule has 1 saturated carbocycles. The molecule has 6 nitrogen and oxygen atoms in total. The van der Waals surface area contributed by atoms with E-state index in [4.69, 9.17) is 9.84 Å². The maximum atomic E-state index is 11.0. The zero-order chi connectivity index (χ0) is 14.7. The highest BCUT2D eigenvalue weighted by Gasteiger charge is 2.18. The molecule has 0 radical (unpaired) electrons. The van der Waals surface area contributed by atoms with Crippen LogP contribution in [-0.4, -0.2) is 26.5 Å². The van der Waals surface area contributed by atoms with Crippen molar-refractivity contribution in [2.45, 2.75) is 38.0 Å². The van der Waals surface area contributed by atoms with Crippen LogP contribution in [0.4, 0.5) is 0 Å². The number of carboxylic acid groups (broad SMARTS) is 1. The van der Waals surface area contributed by atoms with Crippen molar-refractivity contribution in [3.63, 3.8) is 0 Å². The van der Waals surface area contributed by atoms with E-state index in [9.17, 15) is 4.79 Å². The van der Waals surface area contributed by atoms with Crippen molar-refractivity contribution in [3.05, 3.63) is 35.5 Å². The second-order valence-corrected chi connectivity index (χ2v) is 5.30. The van der Waals surface area contributed by atoms with E-state index < -0.39 is 5.97 Å². The Morgan fingerprint density at radius 1 is 1.29 bits per heavy atom. The summed E-state index contributed by atoms with van der Waals surface area (Å²) in [7, 11) is 0. The first kappa shape index (κ1) is 13.6. The first-order valence-corrected chi connectivity index (χ1v) is 7.16. The molecule has 1 aromatic carbocycles. The van der Waals surface area contributed by atoms with Gasteiger partial charge >= 0.3 is 5.97 Å². The third kappa shape index (κ3) is 3.04. The molecule has 0 atom stereocenters. The summed E-state index contributed by atoms with van der Waals surface area (Å²) in [6.07, 6.45) is 6.26. The number of aromatic nitrogens is 3. The van der Waals surface area contributed by atoms with Gasteiger partial charge in [-0.3, -0.25) is 0 Å². The quantitative estimate of drug-likeness (QED) is 0.900. The second-order valence-electron chi connectivity index (χ2n) is 5.30. The predicted molar refractivity (Wildman–Crippen MR) is 75.7 cm³/mol. The molecule has 6 heteroatoms. The Hall–Kier alpha value is -2.37. The lowest BCUT2D eigenvalue weighted by Crippen LogP contribution is -2.04. The first-order valence-electron chi connectivity index (χ1n) is 7.16. The van der Waals surface area contributed by atoms with Crippen molar-refractivity contribution in [3.8, 4) is 11.6 Å². The molecule has 2 N–H and O–H groups in total. The molecule has 0 aliphatic heterocycles. The van der Waals surface area contributed by atoms with E-state index in [-0.39, 0.29) is 11.6 Å². The van der Waals surface area contributed by atoms with Crippen LogP contribution >= 0.6 is 0 Å². The number of ether oxygens (including phenoxy) is 1. The summed E-state index contributed by atoms with van der Waals surface area (Å²) >= 11 is 0. The number of aromatic carboxylic acids is 1. The number of carbonyl (C=O) groups is 1. The molecule has 1 fully saturated rings. The Labute approximate surface area is 122 Å².